The van der Waals surface area contributed by atoms with Crippen molar-refractivity contribution < 1.29 is 9.15 Å². The SMILES string of the molecule is CCNCc1cc(CN(C)CCCOC)c(C)o1. The van der Waals surface area contributed by atoms with Crippen LogP contribution in [0.1, 0.15) is 30.4 Å². The summed E-state index contributed by atoms with van der Waals surface area (Å²) in [6.45, 7) is 8.71. The molecule has 0 spiro atoms. The van der Waals surface area contributed by atoms with Crippen molar-refractivity contribution in [3.63, 3.8) is 0 Å². The quantitative estimate of drug-likeness (QED) is 0.685. The highest BCUT2D eigenvalue weighted by Gasteiger charge is 2.09. The molecular formula is C14H26N2O2. The van der Waals surface area contributed by atoms with Gasteiger partial charge in [-0.3, -0.25) is 0 Å². The van der Waals surface area contributed by atoms with Gasteiger partial charge in [-0.2, -0.15) is 0 Å². The van der Waals surface area contributed by atoms with Gasteiger partial charge < -0.3 is 19.4 Å². The molecule has 0 amide bonds. The molecule has 0 bridgehead atoms. The number of rotatable bonds is 9. The Morgan fingerprint density at radius 1 is 1.44 bits per heavy atom. The van der Waals surface area contributed by atoms with E-state index in [-0.39, 0.29) is 0 Å². The molecule has 1 N–H and O–H groups in total. The van der Waals surface area contributed by atoms with Gasteiger partial charge in [0.25, 0.3) is 0 Å². The van der Waals surface area contributed by atoms with E-state index in [2.05, 4.69) is 30.3 Å². The van der Waals surface area contributed by atoms with E-state index in [4.69, 9.17) is 9.15 Å². The highest BCUT2D eigenvalue weighted by Crippen LogP contribution is 2.16. The van der Waals surface area contributed by atoms with Crippen molar-refractivity contribution >= 4 is 0 Å². The van der Waals surface area contributed by atoms with Crippen molar-refractivity contribution in [3.05, 3.63) is 23.2 Å². The van der Waals surface area contributed by atoms with Crippen LogP contribution in [0.25, 0.3) is 0 Å². The average Bonchev–Trinajstić information content (AvgIpc) is 2.68. The van der Waals surface area contributed by atoms with E-state index in [9.17, 15) is 0 Å². The van der Waals surface area contributed by atoms with Crippen LogP contribution in [0.5, 0.6) is 0 Å². The van der Waals surface area contributed by atoms with Crippen molar-refractivity contribution in [2.24, 2.45) is 0 Å². The maximum atomic E-state index is 5.73. The minimum Gasteiger partial charge on any atom is -0.465 e. The summed E-state index contributed by atoms with van der Waals surface area (Å²) in [6.07, 6.45) is 1.06. The standard InChI is InChI=1S/C14H26N2O2/c1-5-15-10-14-9-13(12(2)18-14)11-16(3)7-6-8-17-4/h9,15H,5-8,10-11H2,1-4H3. The fourth-order valence-corrected chi connectivity index (χ4v) is 1.93. The van der Waals surface area contributed by atoms with Crippen LogP contribution < -0.4 is 5.32 Å². The molecule has 0 radical (unpaired) electrons. The monoisotopic (exact) mass is 254 g/mol. The van der Waals surface area contributed by atoms with Crippen LogP contribution in [0, 0.1) is 6.92 Å². The lowest BCUT2D eigenvalue weighted by atomic mass is 10.2. The highest BCUT2D eigenvalue weighted by atomic mass is 16.5. The third-order valence-electron chi connectivity index (χ3n) is 2.95. The summed E-state index contributed by atoms with van der Waals surface area (Å²) in [5.74, 6) is 2.05. The second kappa shape index (κ2) is 8.29. The largest absolute Gasteiger partial charge is 0.465 e. The Labute approximate surface area is 110 Å². The second-order valence-electron chi connectivity index (χ2n) is 4.66. The molecule has 0 atom stereocenters. The number of hydrogen-bond donors (Lipinski definition) is 1. The lowest BCUT2D eigenvalue weighted by molar-refractivity contribution is 0.178. The molecule has 0 aromatic carbocycles. The number of nitrogens with one attached hydrogen (secondary N) is 1. The number of ether oxygens (including phenoxy) is 1. The lowest BCUT2D eigenvalue weighted by Crippen LogP contribution is -2.20. The molecule has 0 aliphatic heterocycles. The van der Waals surface area contributed by atoms with Crippen LogP contribution in [0.4, 0.5) is 0 Å². The van der Waals surface area contributed by atoms with Gasteiger partial charge in [-0.1, -0.05) is 6.92 Å². The number of methoxy groups -OCH3 is 1. The smallest absolute Gasteiger partial charge is 0.118 e. The van der Waals surface area contributed by atoms with Gasteiger partial charge in [-0.25, -0.2) is 0 Å². The van der Waals surface area contributed by atoms with Crippen molar-refractivity contribution in [1.29, 1.82) is 0 Å². The molecule has 0 aliphatic rings. The van der Waals surface area contributed by atoms with Gasteiger partial charge in [-0.15, -0.1) is 0 Å². The number of aryl methyl sites for hydroxylation is 1. The van der Waals surface area contributed by atoms with Gasteiger partial charge in [0.1, 0.15) is 11.5 Å². The summed E-state index contributed by atoms with van der Waals surface area (Å²) >= 11 is 0. The van der Waals surface area contributed by atoms with Gasteiger partial charge in [0.15, 0.2) is 0 Å². The Bertz CT molecular complexity index is 337. The van der Waals surface area contributed by atoms with Gasteiger partial charge in [0.05, 0.1) is 6.54 Å². The van der Waals surface area contributed by atoms with Crippen LogP contribution in [0.3, 0.4) is 0 Å². The van der Waals surface area contributed by atoms with Gasteiger partial charge in [0, 0.05) is 32.4 Å². The Morgan fingerprint density at radius 3 is 2.89 bits per heavy atom. The topological polar surface area (TPSA) is 37.6 Å². The fourth-order valence-electron chi connectivity index (χ4n) is 1.93. The number of hydrogen-bond acceptors (Lipinski definition) is 4. The van der Waals surface area contributed by atoms with Crippen LogP contribution >= 0.6 is 0 Å². The summed E-state index contributed by atoms with van der Waals surface area (Å²) in [5.41, 5.74) is 1.28. The zero-order valence-electron chi connectivity index (χ0n) is 12.1. The Kier molecular flexibility index (Phi) is 7.01. The first-order chi connectivity index (χ1) is 8.67. The minimum atomic E-state index is 0.810. The van der Waals surface area contributed by atoms with E-state index in [1.54, 1.807) is 7.11 Å². The number of furan rings is 1. The Hall–Kier alpha value is -0.840. The van der Waals surface area contributed by atoms with Crippen LogP contribution in [0.15, 0.2) is 10.5 Å². The van der Waals surface area contributed by atoms with Crippen molar-refractivity contribution in [2.75, 3.05) is 33.9 Å². The maximum Gasteiger partial charge on any atom is 0.118 e. The van der Waals surface area contributed by atoms with E-state index in [0.29, 0.717) is 0 Å². The van der Waals surface area contributed by atoms with E-state index in [1.165, 1.54) is 5.56 Å². The van der Waals surface area contributed by atoms with E-state index >= 15 is 0 Å². The molecule has 1 heterocycles. The van der Waals surface area contributed by atoms with E-state index < -0.39 is 0 Å². The molecule has 1 aromatic heterocycles. The first kappa shape index (κ1) is 15.2. The zero-order chi connectivity index (χ0) is 13.4. The lowest BCUT2D eigenvalue weighted by Gasteiger charge is -2.15. The molecule has 0 saturated carbocycles. The zero-order valence-corrected chi connectivity index (χ0v) is 12.1. The molecule has 0 unspecified atom stereocenters. The molecule has 1 rings (SSSR count). The van der Waals surface area contributed by atoms with Gasteiger partial charge in [-0.05, 0) is 33.0 Å². The molecule has 104 valence electrons. The second-order valence-corrected chi connectivity index (χ2v) is 4.66. The molecular weight excluding hydrogens is 228 g/mol. The fraction of sp³-hybridized carbons (Fsp3) is 0.714. The summed E-state index contributed by atoms with van der Waals surface area (Å²) in [5, 5.41) is 3.28. The molecule has 0 aliphatic carbocycles. The van der Waals surface area contributed by atoms with Crippen molar-refractivity contribution in [1.82, 2.24) is 10.2 Å². The van der Waals surface area contributed by atoms with Gasteiger partial charge in [0.2, 0.25) is 0 Å². The molecule has 18 heavy (non-hydrogen) atoms. The minimum absolute atomic E-state index is 0.810. The predicted molar refractivity (Wildman–Crippen MR) is 73.7 cm³/mol. The summed E-state index contributed by atoms with van der Waals surface area (Å²) in [7, 11) is 3.87. The highest BCUT2D eigenvalue weighted by molar-refractivity contribution is 5.20. The van der Waals surface area contributed by atoms with Crippen LogP contribution in [-0.2, 0) is 17.8 Å². The summed E-state index contributed by atoms with van der Waals surface area (Å²) < 4.78 is 10.8. The third kappa shape index (κ3) is 5.21. The first-order valence-corrected chi connectivity index (χ1v) is 6.63. The third-order valence-corrected chi connectivity index (χ3v) is 2.95. The Balaban J connectivity index is 2.42. The maximum absolute atomic E-state index is 5.73. The Morgan fingerprint density at radius 2 is 2.22 bits per heavy atom. The van der Waals surface area contributed by atoms with Crippen LogP contribution in [-0.4, -0.2) is 38.8 Å². The van der Waals surface area contributed by atoms with Crippen LogP contribution in [0.2, 0.25) is 0 Å². The summed E-state index contributed by atoms with van der Waals surface area (Å²) in [6, 6.07) is 2.16. The van der Waals surface area contributed by atoms with E-state index in [1.807, 2.05) is 6.92 Å². The molecule has 4 heteroatoms. The molecule has 0 saturated heterocycles. The summed E-state index contributed by atoms with van der Waals surface area (Å²) in [4.78, 5) is 2.30. The normalized spacial score (nSPS) is 11.4. The average molecular weight is 254 g/mol. The van der Waals surface area contributed by atoms with Crippen molar-refractivity contribution in [3.8, 4) is 0 Å². The molecule has 0 fully saturated rings. The van der Waals surface area contributed by atoms with E-state index in [0.717, 1.165) is 50.7 Å². The number of nitrogens with zero attached hydrogens (tertiary/aromatic N) is 1. The first-order valence-electron chi connectivity index (χ1n) is 6.63. The molecule has 4 nitrogen and oxygen atoms in total. The molecule has 1 aromatic rings. The predicted octanol–water partition coefficient (Wildman–Crippen LogP) is 2.17. The van der Waals surface area contributed by atoms with Crippen molar-refractivity contribution in [2.45, 2.75) is 33.4 Å². The van der Waals surface area contributed by atoms with Gasteiger partial charge >= 0.3 is 0 Å².